The van der Waals surface area contributed by atoms with Crippen molar-refractivity contribution in [2.45, 2.75) is 19.5 Å². The molecular formula is C17H20BrN3O2S. The van der Waals surface area contributed by atoms with Gasteiger partial charge in [-0.05, 0) is 33.6 Å². The van der Waals surface area contributed by atoms with Gasteiger partial charge in [0.1, 0.15) is 0 Å². The van der Waals surface area contributed by atoms with E-state index in [2.05, 4.69) is 26.6 Å². The Bertz CT molecular complexity index is 675. The van der Waals surface area contributed by atoms with Crippen LogP contribution in [0.1, 0.15) is 16.9 Å². The maximum Gasteiger partial charge on any atom is 0.315 e. The van der Waals surface area contributed by atoms with Crippen molar-refractivity contribution in [3.63, 3.8) is 0 Å². The Labute approximate surface area is 154 Å². The molecule has 0 saturated carbocycles. The molecule has 0 unspecified atom stereocenters. The number of carbonyl (C=O) groups excluding carboxylic acids is 2. The molecular weight excluding hydrogens is 390 g/mol. The molecule has 1 aromatic carbocycles. The average Bonchev–Trinajstić information content (AvgIpc) is 2.99. The second-order valence-corrected chi connectivity index (χ2v) is 7.85. The minimum atomic E-state index is -0.266. The van der Waals surface area contributed by atoms with Gasteiger partial charge in [-0.2, -0.15) is 0 Å². The topological polar surface area (TPSA) is 61.4 Å². The number of amides is 3. The van der Waals surface area contributed by atoms with E-state index in [0.717, 1.165) is 14.2 Å². The van der Waals surface area contributed by atoms with Gasteiger partial charge in [-0.25, -0.2) is 4.79 Å². The van der Waals surface area contributed by atoms with Gasteiger partial charge in [-0.15, -0.1) is 11.3 Å². The minimum Gasteiger partial charge on any atom is -0.341 e. The van der Waals surface area contributed by atoms with Gasteiger partial charge in [0.05, 0.1) is 10.3 Å². The molecule has 0 bridgehead atoms. The lowest BCUT2D eigenvalue weighted by Gasteiger charge is -2.17. The maximum atomic E-state index is 12.1. The Morgan fingerprint density at radius 2 is 1.88 bits per heavy atom. The van der Waals surface area contributed by atoms with E-state index in [1.54, 1.807) is 23.3 Å². The lowest BCUT2D eigenvalue weighted by Crippen LogP contribution is -2.37. The Kier molecular flexibility index (Phi) is 7.27. The number of halogens is 1. The van der Waals surface area contributed by atoms with Crippen molar-refractivity contribution in [1.29, 1.82) is 0 Å². The zero-order chi connectivity index (χ0) is 17.4. The van der Waals surface area contributed by atoms with Gasteiger partial charge >= 0.3 is 6.03 Å². The van der Waals surface area contributed by atoms with Crippen LogP contribution in [0.2, 0.25) is 0 Å². The fourth-order valence-electron chi connectivity index (χ4n) is 2.10. The summed E-state index contributed by atoms with van der Waals surface area (Å²) in [7, 11) is 1.77. The third-order valence-electron chi connectivity index (χ3n) is 3.36. The van der Waals surface area contributed by atoms with Gasteiger partial charge in [-0.3, -0.25) is 4.79 Å². The predicted molar refractivity (Wildman–Crippen MR) is 99.8 cm³/mol. The third kappa shape index (κ3) is 6.33. The molecule has 0 fully saturated rings. The Morgan fingerprint density at radius 1 is 1.12 bits per heavy atom. The van der Waals surface area contributed by atoms with Crippen LogP contribution in [0.25, 0.3) is 0 Å². The highest BCUT2D eigenvalue weighted by molar-refractivity contribution is 9.11. The molecule has 5 nitrogen and oxygen atoms in total. The first-order chi connectivity index (χ1) is 11.5. The van der Waals surface area contributed by atoms with Crippen molar-refractivity contribution in [2.75, 3.05) is 13.6 Å². The monoisotopic (exact) mass is 409 g/mol. The molecule has 128 valence electrons. The highest BCUT2D eigenvalue weighted by Crippen LogP contribution is 2.21. The fraction of sp³-hybridized carbons (Fsp3) is 0.294. The van der Waals surface area contributed by atoms with Crippen LogP contribution in [0.15, 0.2) is 46.3 Å². The van der Waals surface area contributed by atoms with E-state index in [4.69, 9.17) is 0 Å². The van der Waals surface area contributed by atoms with E-state index in [1.807, 2.05) is 42.5 Å². The zero-order valence-electron chi connectivity index (χ0n) is 13.4. The lowest BCUT2D eigenvalue weighted by molar-refractivity contribution is -0.130. The molecule has 24 heavy (non-hydrogen) atoms. The van der Waals surface area contributed by atoms with Crippen molar-refractivity contribution < 1.29 is 9.59 Å². The summed E-state index contributed by atoms with van der Waals surface area (Å²) < 4.78 is 1.03. The molecule has 0 aliphatic carbocycles. The minimum absolute atomic E-state index is 0.00124. The molecule has 2 aromatic rings. The Balaban J connectivity index is 1.63. The Morgan fingerprint density at radius 3 is 2.54 bits per heavy atom. The van der Waals surface area contributed by atoms with Crippen LogP contribution >= 0.6 is 27.3 Å². The van der Waals surface area contributed by atoms with E-state index >= 15 is 0 Å². The van der Waals surface area contributed by atoms with Gasteiger partial charge < -0.3 is 15.5 Å². The maximum absolute atomic E-state index is 12.1. The van der Waals surface area contributed by atoms with Crippen LogP contribution in [-0.4, -0.2) is 30.4 Å². The SMILES string of the molecule is CN(Cc1ccccc1)C(=O)CCNC(=O)NCc1ccc(Br)s1. The summed E-state index contributed by atoms with van der Waals surface area (Å²) in [6.07, 6.45) is 0.279. The summed E-state index contributed by atoms with van der Waals surface area (Å²) in [5.74, 6) is 0.00124. The summed E-state index contributed by atoms with van der Waals surface area (Å²) in [6.45, 7) is 1.36. The van der Waals surface area contributed by atoms with Crippen molar-refractivity contribution in [3.8, 4) is 0 Å². The number of nitrogens with one attached hydrogen (secondary N) is 2. The number of benzene rings is 1. The molecule has 0 atom stereocenters. The van der Waals surface area contributed by atoms with Crippen molar-refractivity contribution >= 4 is 39.2 Å². The number of thiophene rings is 1. The Hall–Kier alpha value is -1.86. The predicted octanol–water partition coefficient (Wildman–Crippen LogP) is 3.36. The number of nitrogens with zero attached hydrogens (tertiary/aromatic N) is 1. The van der Waals surface area contributed by atoms with Crippen LogP contribution in [0.4, 0.5) is 4.79 Å². The standard InChI is InChI=1S/C17H20BrN3O2S/c1-21(12-13-5-3-2-4-6-13)16(22)9-10-19-17(23)20-11-14-7-8-15(18)24-14/h2-8H,9-12H2,1H3,(H2,19,20,23). The van der Waals surface area contributed by atoms with Gasteiger partial charge in [0, 0.05) is 31.4 Å². The van der Waals surface area contributed by atoms with Gasteiger partial charge in [-0.1, -0.05) is 30.3 Å². The van der Waals surface area contributed by atoms with E-state index in [-0.39, 0.29) is 18.4 Å². The largest absolute Gasteiger partial charge is 0.341 e. The molecule has 0 saturated heterocycles. The quantitative estimate of drug-likeness (QED) is 0.736. The molecule has 0 aliphatic rings. The first-order valence-electron chi connectivity index (χ1n) is 7.58. The van der Waals surface area contributed by atoms with Gasteiger partial charge in [0.15, 0.2) is 0 Å². The second-order valence-electron chi connectivity index (χ2n) is 5.30. The number of hydrogen-bond acceptors (Lipinski definition) is 3. The second kappa shape index (κ2) is 9.44. The molecule has 0 radical (unpaired) electrons. The average molecular weight is 410 g/mol. The highest BCUT2D eigenvalue weighted by Gasteiger charge is 2.10. The van der Waals surface area contributed by atoms with Crippen LogP contribution in [0.3, 0.4) is 0 Å². The smallest absolute Gasteiger partial charge is 0.315 e. The van der Waals surface area contributed by atoms with E-state index in [1.165, 1.54) is 0 Å². The third-order valence-corrected chi connectivity index (χ3v) is 4.99. The number of hydrogen-bond donors (Lipinski definition) is 2. The fourth-order valence-corrected chi connectivity index (χ4v) is 3.52. The highest BCUT2D eigenvalue weighted by atomic mass is 79.9. The van der Waals surface area contributed by atoms with Gasteiger partial charge in [0.2, 0.25) is 5.91 Å². The molecule has 7 heteroatoms. The summed E-state index contributed by atoms with van der Waals surface area (Å²) in [5.41, 5.74) is 1.08. The number of carbonyl (C=O) groups is 2. The van der Waals surface area contributed by atoms with Crippen LogP contribution in [0, 0.1) is 0 Å². The summed E-state index contributed by atoms with van der Waals surface area (Å²) in [6, 6.07) is 13.5. The molecule has 1 aromatic heterocycles. The van der Waals surface area contributed by atoms with Crippen LogP contribution in [0.5, 0.6) is 0 Å². The number of rotatable bonds is 7. The van der Waals surface area contributed by atoms with Crippen molar-refractivity contribution in [2.24, 2.45) is 0 Å². The molecule has 0 aliphatic heterocycles. The van der Waals surface area contributed by atoms with Crippen LogP contribution in [-0.2, 0) is 17.9 Å². The van der Waals surface area contributed by atoms with Crippen molar-refractivity contribution in [3.05, 3.63) is 56.7 Å². The molecule has 3 amide bonds. The first kappa shape index (κ1) is 18.5. The van der Waals surface area contributed by atoms with E-state index in [9.17, 15) is 9.59 Å². The molecule has 0 spiro atoms. The summed E-state index contributed by atoms with van der Waals surface area (Å²) in [5, 5.41) is 5.47. The van der Waals surface area contributed by atoms with Crippen molar-refractivity contribution in [1.82, 2.24) is 15.5 Å². The van der Waals surface area contributed by atoms with E-state index in [0.29, 0.717) is 19.6 Å². The molecule has 2 rings (SSSR count). The summed E-state index contributed by atoms with van der Waals surface area (Å²) >= 11 is 4.96. The molecule has 2 N–H and O–H groups in total. The van der Waals surface area contributed by atoms with Gasteiger partial charge in [0.25, 0.3) is 0 Å². The first-order valence-corrected chi connectivity index (χ1v) is 9.19. The zero-order valence-corrected chi connectivity index (χ0v) is 15.8. The summed E-state index contributed by atoms with van der Waals surface area (Å²) in [4.78, 5) is 26.5. The molecule has 1 heterocycles. The van der Waals surface area contributed by atoms with Crippen LogP contribution < -0.4 is 10.6 Å². The van der Waals surface area contributed by atoms with E-state index < -0.39 is 0 Å². The normalized spacial score (nSPS) is 10.2. The lowest BCUT2D eigenvalue weighted by atomic mass is 10.2. The number of urea groups is 1.